The van der Waals surface area contributed by atoms with Crippen LogP contribution < -0.4 is 5.73 Å². The minimum absolute atomic E-state index is 0.863. The summed E-state index contributed by atoms with van der Waals surface area (Å²) in [5.74, 6) is 4.56. The normalized spacial score (nSPS) is 39.4. The zero-order chi connectivity index (χ0) is 9.97. The molecule has 0 aromatic heterocycles. The van der Waals surface area contributed by atoms with Crippen molar-refractivity contribution in [1.82, 2.24) is 4.90 Å². The molecule has 2 fully saturated rings. The largest absolute Gasteiger partial charge is 0.330 e. The van der Waals surface area contributed by atoms with Gasteiger partial charge in [-0.1, -0.05) is 0 Å². The second-order valence-electron chi connectivity index (χ2n) is 4.70. The van der Waals surface area contributed by atoms with E-state index in [0.29, 0.717) is 0 Å². The van der Waals surface area contributed by atoms with Crippen LogP contribution in [0.15, 0.2) is 0 Å². The molecule has 82 valence electrons. The van der Waals surface area contributed by atoms with Crippen molar-refractivity contribution < 1.29 is 0 Å². The fourth-order valence-corrected chi connectivity index (χ4v) is 4.24. The quantitative estimate of drug-likeness (QED) is 0.753. The summed E-state index contributed by atoms with van der Waals surface area (Å²) in [6.07, 6.45) is 4.05. The highest BCUT2D eigenvalue weighted by Crippen LogP contribution is 2.38. The monoisotopic (exact) mass is 214 g/mol. The van der Waals surface area contributed by atoms with Crippen molar-refractivity contribution in [3.63, 3.8) is 0 Å². The molecule has 3 heteroatoms. The van der Waals surface area contributed by atoms with Gasteiger partial charge in [-0.05, 0) is 56.2 Å². The van der Waals surface area contributed by atoms with Crippen LogP contribution >= 0.6 is 11.8 Å². The summed E-state index contributed by atoms with van der Waals surface area (Å²) in [7, 11) is 2.30. The van der Waals surface area contributed by atoms with Crippen molar-refractivity contribution >= 4 is 11.8 Å². The highest BCUT2D eigenvalue weighted by molar-refractivity contribution is 7.99. The third-order valence-electron chi connectivity index (χ3n) is 3.88. The number of likely N-dealkylation sites (tertiary alicyclic amines) is 1. The average molecular weight is 214 g/mol. The van der Waals surface area contributed by atoms with Crippen molar-refractivity contribution in [2.75, 3.05) is 31.6 Å². The molecule has 2 aliphatic rings. The Balaban J connectivity index is 2.01. The molecule has 3 atom stereocenters. The molecular formula is C11H22N2S. The number of thioether (sulfide) groups is 1. The number of rotatable bonds is 2. The topological polar surface area (TPSA) is 29.3 Å². The van der Waals surface area contributed by atoms with Crippen LogP contribution in [0, 0.1) is 11.8 Å². The Hall–Kier alpha value is 0.270. The molecule has 3 unspecified atom stereocenters. The molecular weight excluding hydrogens is 192 g/mol. The van der Waals surface area contributed by atoms with Gasteiger partial charge >= 0.3 is 0 Å². The van der Waals surface area contributed by atoms with Gasteiger partial charge in [0.2, 0.25) is 0 Å². The third-order valence-corrected chi connectivity index (χ3v) is 4.93. The maximum Gasteiger partial charge on any atom is 0.0132 e. The van der Waals surface area contributed by atoms with Crippen LogP contribution in [0.4, 0.5) is 0 Å². The zero-order valence-electron chi connectivity index (χ0n) is 9.11. The highest BCUT2D eigenvalue weighted by atomic mass is 32.2. The van der Waals surface area contributed by atoms with E-state index >= 15 is 0 Å². The Morgan fingerprint density at radius 1 is 1.36 bits per heavy atom. The first-order valence-electron chi connectivity index (χ1n) is 5.81. The first kappa shape index (κ1) is 10.8. The van der Waals surface area contributed by atoms with Gasteiger partial charge in [-0.2, -0.15) is 11.8 Å². The lowest BCUT2D eigenvalue weighted by atomic mass is 9.85. The van der Waals surface area contributed by atoms with E-state index in [2.05, 4.69) is 23.7 Å². The molecule has 14 heavy (non-hydrogen) atoms. The standard InChI is InChI=1S/C11H22N2S/c1-13-8-9(2-5-12)10-3-6-14-7-4-11(10)13/h9-11H,2-8,12H2,1H3. The van der Waals surface area contributed by atoms with Gasteiger partial charge in [-0.3, -0.25) is 0 Å². The second kappa shape index (κ2) is 4.86. The molecule has 2 rings (SSSR count). The van der Waals surface area contributed by atoms with Crippen LogP contribution in [0.5, 0.6) is 0 Å². The van der Waals surface area contributed by atoms with E-state index in [9.17, 15) is 0 Å². The predicted octanol–water partition coefficient (Wildman–Crippen LogP) is 1.41. The van der Waals surface area contributed by atoms with Crippen LogP contribution in [0.2, 0.25) is 0 Å². The molecule has 2 heterocycles. The van der Waals surface area contributed by atoms with E-state index in [4.69, 9.17) is 5.73 Å². The Labute approximate surface area is 91.6 Å². The molecule has 0 aromatic rings. The van der Waals surface area contributed by atoms with Gasteiger partial charge in [0.1, 0.15) is 0 Å². The van der Waals surface area contributed by atoms with Gasteiger partial charge < -0.3 is 10.6 Å². The van der Waals surface area contributed by atoms with Crippen molar-refractivity contribution in [1.29, 1.82) is 0 Å². The van der Waals surface area contributed by atoms with Crippen molar-refractivity contribution in [2.45, 2.75) is 25.3 Å². The van der Waals surface area contributed by atoms with Crippen LogP contribution in [0.3, 0.4) is 0 Å². The molecule has 0 radical (unpaired) electrons. The Morgan fingerprint density at radius 2 is 2.14 bits per heavy atom. The first-order valence-corrected chi connectivity index (χ1v) is 6.96. The maximum absolute atomic E-state index is 5.69. The van der Waals surface area contributed by atoms with Crippen molar-refractivity contribution in [3.05, 3.63) is 0 Å². The number of nitrogens with two attached hydrogens (primary N) is 1. The molecule has 0 aromatic carbocycles. The van der Waals surface area contributed by atoms with Crippen LogP contribution in [-0.2, 0) is 0 Å². The summed E-state index contributed by atoms with van der Waals surface area (Å²) in [6, 6.07) is 0.863. The summed E-state index contributed by atoms with van der Waals surface area (Å²) >= 11 is 2.14. The van der Waals surface area contributed by atoms with E-state index in [-0.39, 0.29) is 0 Å². The van der Waals surface area contributed by atoms with Crippen LogP contribution in [0.1, 0.15) is 19.3 Å². The van der Waals surface area contributed by atoms with Gasteiger partial charge in [-0.25, -0.2) is 0 Å². The molecule has 0 aliphatic carbocycles. The first-order chi connectivity index (χ1) is 6.83. The lowest BCUT2D eigenvalue weighted by Gasteiger charge is -2.23. The number of fused-ring (bicyclic) bond motifs is 1. The molecule has 2 aliphatic heterocycles. The minimum Gasteiger partial charge on any atom is -0.330 e. The van der Waals surface area contributed by atoms with E-state index in [0.717, 1.165) is 24.4 Å². The SMILES string of the molecule is CN1CC(CCN)C2CCSCCC21. The van der Waals surface area contributed by atoms with E-state index in [1.807, 2.05) is 0 Å². The Bertz CT molecular complexity index is 186. The van der Waals surface area contributed by atoms with Crippen LogP contribution in [-0.4, -0.2) is 42.6 Å². The minimum atomic E-state index is 0.863. The molecule has 0 amide bonds. The van der Waals surface area contributed by atoms with Gasteiger partial charge in [-0.15, -0.1) is 0 Å². The number of hydrogen-bond acceptors (Lipinski definition) is 3. The van der Waals surface area contributed by atoms with E-state index < -0.39 is 0 Å². The third kappa shape index (κ3) is 2.10. The van der Waals surface area contributed by atoms with Gasteiger partial charge in [0, 0.05) is 12.6 Å². The molecule has 0 saturated carbocycles. The van der Waals surface area contributed by atoms with Gasteiger partial charge in [0.25, 0.3) is 0 Å². The van der Waals surface area contributed by atoms with Gasteiger partial charge in [0.15, 0.2) is 0 Å². The highest BCUT2D eigenvalue weighted by Gasteiger charge is 2.39. The molecule has 2 saturated heterocycles. The van der Waals surface area contributed by atoms with E-state index in [1.165, 1.54) is 37.3 Å². The van der Waals surface area contributed by atoms with E-state index in [1.54, 1.807) is 0 Å². The Kier molecular flexibility index (Phi) is 3.74. The average Bonchev–Trinajstić information content (AvgIpc) is 2.41. The van der Waals surface area contributed by atoms with Crippen molar-refractivity contribution in [2.24, 2.45) is 17.6 Å². The lowest BCUT2D eigenvalue weighted by Crippen LogP contribution is -2.29. The predicted molar refractivity (Wildman–Crippen MR) is 63.6 cm³/mol. The number of nitrogens with zero attached hydrogens (tertiary/aromatic N) is 1. The summed E-state index contributed by atoms with van der Waals surface area (Å²) < 4.78 is 0. The summed E-state index contributed by atoms with van der Waals surface area (Å²) in [5, 5.41) is 0. The molecule has 2 nitrogen and oxygen atoms in total. The smallest absolute Gasteiger partial charge is 0.0132 e. The fraction of sp³-hybridized carbons (Fsp3) is 1.00. The lowest BCUT2D eigenvalue weighted by molar-refractivity contribution is 0.262. The zero-order valence-corrected chi connectivity index (χ0v) is 9.93. The molecule has 2 N–H and O–H groups in total. The fourth-order valence-electron chi connectivity index (χ4n) is 3.19. The maximum atomic E-state index is 5.69. The summed E-state index contributed by atoms with van der Waals surface area (Å²) in [4.78, 5) is 2.58. The number of hydrogen-bond donors (Lipinski definition) is 1. The van der Waals surface area contributed by atoms with Crippen LogP contribution in [0.25, 0.3) is 0 Å². The van der Waals surface area contributed by atoms with Gasteiger partial charge in [0.05, 0.1) is 0 Å². The Morgan fingerprint density at radius 3 is 2.93 bits per heavy atom. The van der Waals surface area contributed by atoms with Crippen molar-refractivity contribution in [3.8, 4) is 0 Å². The molecule has 0 bridgehead atoms. The molecule has 0 spiro atoms. The summed E-state index contributed by atoms with van der Waals surface area (Å²) in [6.45, 7) is 2.16. The second-order valence-corrected chi connectivity index (χ2v) is 5.92. The summed E-state index contributed by atoms with van der Waals surface area (Å²) in [5.41, 5.74) is 5.69.